The second-order valence-electron chi connectivity index (χ2n) is 2.67. The van der Waals surface area contributed by atoms with Gasteiger partial charge in [-0.1, -0.05) is 0 Å². The van der Waals surface area contributed by atoms with E-state index in [2.05, 4.69) is 5.32 Å². The molecule has 4 nitrogen and oxygen atoms in total. The number of aliphatic hydroxyl groups excluding tert-OH is 1. The number of halogens is 2. The number of hydrogen-bond donors (Lipinski definition) is 2. The number of hydrogen-bond acceptors (Lipinski definition) is 3. The van der Waals surface area contributed by atoms with E-state index < -0.39 is 24.1 Å². The van der Waals surface area contributed by atoms with Crippen molar-refractivity contribution in [3.05, 3.63) is 23.8 Å². The molecule has 82 valence electrons. The van der Waals surface area contributed by atoms with Crippen LogP contribution in [0.1, 0.15) is 0 Å². The third-order valence-electron chi connectivity index (χ3n) is 1.66. The molecule has 0 radical (unpaired) electrons. The predicted molar refractivity (Wildman–Crippen MR) is 48.6 cm³/mol. The molecule has 0 aromatic heterocycles. The first-order valence-corrected chi connectivity index (χ1v) is 4.02. The Morgan fingerprint density at radius 2 is 2.07 bits per heavy atom. The molecule has 0 unspecified atom stereocenters. The van der Waals surface area contributed by atoms with E-state index in [1.165, 1.54) is 7.11 Å². The van der Waals surface area contributed by atoms with Crippen LogP contribution in [0.2, 0.25) is 0 Å². The van der Waals surface area contributed by atoms with Crippen LogP contribution in [-0.4, -0.2) is 24.7 Å². The fraction of sp³-hybridized carbons (Fsp3) is 0.222. The highest BCUT2D eigenvalue weighted by molar-refractivity contribution is 5.93. The lowest BCUT2D eigenvalue weighted by Gasteiger charge is -2.09. The quantitative estimate of drug-likeness (QED) is 0.790. The van der Waals surface area contributed by atoms with E-state index in [1.807, 2.05) is 0 Å². The van der Waals surface area contributed by atoms with E-state index in [1.54, 1.807) is 0 Å². The molecule has 1 aromatic rings. The standard InChI is InChI=1S/C9H9F2NO3/c1-15-8-3-6(11)5(10)2-7(8)12-9(14)4-13/h2-3,13H,4H2,1H3,(H,12,14). The number of nitrogens with one attached hydrogen (secondary N) is 1. The SMILES string of the molecule is COc1cc(F)c(F)cc1NC(=O)CO. The monoisotopic (exact) mass is 217 g/mol. The molecule has 2 N–H and O–H groups in total. The van der Waals surface area contributed by atoms with Crippen LogP contribution in [0.15, 0.2) is 12.1 Å². The summed E-state index contributed by atoms with van der Waals surface area (Å²) in [6.07, 6.45) is 0. The van der Waals surface area contributed by atoms with Crippen molar-refractivity contribution in [1.82, 2.24) is 0 Å². The molecule has 0 aliphatic rings. The molecule has 0 saturated carbocycles. The molecule has 0 atom stereocenters. The molecule has 0 saturated heterocycles. The zero-order chi connectivity index (χ0) is 11.4. The summed E-state index contributed by atoms with van der Waals surface area (Å²) in [6, 6.07) is 1.59. The number of benzene rings is 1. The van der Waals surface area contributed by atoms with Crippen LogP contribution in [0.3, 0.4) is 0 Å². The first-order valence-electron chi connectivity index (χ1n) is 4.02. The van der Waals surface area contributed by atoms with E-state index in [9.17, 15) is 13.6 Å². The maximum Gasteiger partial charge on any atom is 0.250 e. The summed E-state index contributed by atoms with van der Waals surface area (Å²) in [7, 11) is 1.25. The molecule has 0 heterocycles. The Morgan fingerprint density at radius 1 is 1.47 bits per heavy atom. The molecule has 1 aromatic carbocycles. The van der Waals surface area contributed by atoms with Gasteiger partial charge in [-0.25, -0.2) is 8.78 Å². The molecule has 1 amide bonds. The van der Waals surface area contributed by atoms with Gasteiger partial charge in [0.2, 0.25) is 5.91 Å². The van der Waals surface area contributed by atoms with Crippen molar-refractivity contribution in [1.29, 1.82) is 0 Å². The van der Waals surface area contributed by atoms with Crippen LogP contribution in [0, 0.1) is 11.6 Å². The molecule has 0 spiro atoms. The number of ether oxygens (including phenoxy) is 1. The topological polar surface area (TPSA) is 58.6 Å². The predicted octanol–water partition coefficient (Wildman–Crippen LogP) is 0.904. The Labute approximate surface area is 84.5 Å². The number of aliphatic hydroxyl groups is 1. The number of carbonyl (C=O) groups is 1. The molecule has 0 fully saturated rings. The van der Waals surface area contributed by atoms with Gasteiger partial charge in [-0.2, -0.15) is 0 Å². The first-order chi connectivity index (χ1) is 7.08. The first kappa shape index (κ1) is 11.4. The highest BCUT2D eigenvalue weighted by atomic mass is 19.2. The van der Waals surface area contributed by atoms with Crippen LogP contribution < -0.4 is 10.1 Å². The molecule has 1 rings (SSSR count). The Hall–Kier alpha value is -1.69. The van der Waals surface area contributed by atoms with E-state index >= 15 is 0 Å². The van der Waals surface area contributed by atoms with Crippen LogP contribution >= 0.6 is 0 Å². The summed E-state index contributed by atoms with van der Waals surface area (Å²) in [5.74, 6) is -2.94. The van der Waals surface area contributed by atoms with Crippen LogP contribution in [0.5, 0.6) is 5.75 Å². The number of anilines is 1. The van der Waals surface area contributed by atoms with E-state index in [-0.39, 0.29) is 11.4 Å². The Kier molecular flexibility index (Phi) is 3.56. The number of rotatable bonds is 3. The molecular weight excluding hydrogens is 208 g/mol. The summed E-state index contributed by atoms with van der Waals surface area (Å²) < 4.78 is 30.3. The van der Waals surface area contributed by atoms with E-state index in [0.717, 1.165) is 12.1 Å². The third kappa shape index (κ3) is 2.63. The molecular formula is C9H9F2NO3. The second kappa shape index (κ2) is 4.70. The van der Waals surface area contributed by atoms with Crippen LogP contribution in [0.25, 0.3) is 0 Å². The summed E-state index contributed by atoms with van der Waals surface area (Å²) in [6.45, 7) is -0.748. The van der Waals surface area contributed by atoms with Gasteiger partial charge < -0.3 is 15.2 Å². The highest BCUT2D eigenvalue weighted by Crippen LogP contribution is 2.26. The minimum atomic E-state index is -1.11. The Morgan fingerprint density at radius 3 is 2.60 bits per heavy atom. The third-order valence-corrected chi connectivity index (χ3v) is 1.66. The summed E-state index contributed by atoms with van der Waals surface area (Å²) in [5.41, 5.74) is -0.0320. The molecule has 0 aliphatic heterocycles. The van der Waals surface area contributed by atoms with Gasteiger partial charge in [0.25, 0.3) is 0 Å². The average molecular weight is 217 g/mol. The maximum atomic E-state index is 12.8. The second-order valence-corrected chi connectivity index (χ2v) is 2.67. The van der Waals surface area contributed by atoms with Gasteiger partial charge in [0, 0.05) is 12.1 Å². The largest absolute Gasteiger partial charge is 0.494 e. The number of methoxy groups -OCH3 is 1. The van der Waals surface area contributed by atoms with Crippen molar-refractivity contribution < 1.29 is 23.4 Å². The average Bonchev–Trinajstić information content (AvgIpc) is 2.22. The van der Waals surface area contributed by atoms with Crippen molar-refractivity contribution in [3.8, 4) is 5.75 Å². The minimum Gasteiger partial charge on any atom is -0.494 e. The zero-order valence-corrected chi connectivity index (χ0v) is 7.88. The van der Waals surface area contributed by atoms with Gasteiger partial charge >= 0.3 is 0 Å². The van der Waals surface area contributed by atoms with Crippen LogP contribution in [0.4, 0.5) is 14.5 Å². The lowest BCUT2D eigenvalue weighted by atomic mass is 10.2. The van der Waals surface area contributed by atoms with Crippen molar-refractivity contribution in [2.45, 2.75) is 0 Å². The van der Waals surface area contributed by atoms with Gasteiger partial charge in [-0.3, -0.25) is 4.79 Å². The summed E-state index contributed by atoms with van der Waals surface area (Å²) in [5, 5.41) is 10.6. The van der Waals surface area contributed by atoms with Crippen molar-refractivity contribution in [2.75, 3.05) is 19.0 Å². The Balaban J connectivity index is 3.05. The highest BCUT2D eigenvalue weighted by Gasteiger charge is 2.12. The van der Waals surface area contributed by atoms with E-state index in [0.29, 0.717) is 0 Å². The Bertz CT molecular complexity index is 382. The molecule has 0 bridgehead atoms. The van der Waals surface area contributed by atoms with Crippen molar-refractivity contribution in [2.24, 2.45) is 0 Å². The normalized spacial score (nSPS) is 9.87. The summed E-state index contributed by atoms with van der Waals surface area (Å²) >= 11 is 0. The number of amides is 1. The zero-order valence-electron chi connectivity index (χ0n) is 7.88. The van der Waals surface area contributed by atoms with E-state index in [4.69, 9.17) is 9.84 Å². The molecule has 6 heteroatoms. The van der Waals surface area contributed by atoms with Gasteiger partial charge in [0.15, 0.2) is 11.6 Å². The van der Waals surface area contributed by atoms with Crippen molar-refractivity contribution in [3.63, 3.8) is 0 Å². The fourth-order valence-electron chi connectivity index (χ4n) is 0.985. The van der Waals surface area contributed by atoms with Gasteiger partial charge in [0.05, 0.1) is 12.8 Å². The number of carbonyl (C=O) groups excluding carboxylic acids is 1. The van der Waals surface area contributed by atoms with Crippen LogP contribution in [-0.2, 0) is 4.79 Å². The van der Waals surface area contributed by atoms with Gasteiger partial charge in [0.1, 0.15) is 12.4 Å². The molecule has 15 heavy (non-hydrogen) atoms. The minimum absolute atomic E-state index is 0.0179. The lowest BCUT2D eigenvalue weighted by molar-refractivity contribution is -0.118. The van der Waals surface area contributed by atoms with Crippen molar-refractivity contribution >= 4 is 11.6 Å². The van der Waals surface area contributed by atoms with Gasteiger partial charge in [-0.15, -0.1) is 0 Å². The molecule has 0 aliphatic carbocycles. The summed E-state index contributed by atoms with van der Waals surface area (Å²) in [4.78, 5) is 10.8. The smallest absolute Gasteiger partial charge is 0.250 e. The van der Waals surface area contributed by atoms with Gasteiger partial charge in [-0.05, 0) is 0 Å². The fourth-order valence-corrected chi connectivity index (χ4v) is 0.985. The maximum absolute atomic E-state index is 12.8. The lowest BCUT2D eigenvalue weighted by Crippen LogP contribution is -2.16.